The van der Waals surface area contributed by atoms with Crippen LogP contribution in [0.25, 0.3) is 60.8 Å². The zero-order valence-electron chi connectivity index (χ0n) is 19.5. The Bertz CT molecular complexity index is 1950. The number of oxazole rings is 1. The van der Waals surface area contributed by atoms with Gasteiger partial charge in [-0.25, -0.2) is 0 Å². The fourth-order valence-corrected chi connectivity index (χ4v) is 6.19. The second-order valence-electron chi connectivity index (χ2n) is 10.0. The van der Waals surface area contributed by atoms with Crippen molar-refractivity contribution >= 4 is 43.7 Å². The van der Waals surface area contributed by atoms with Crippen LogP contribution in [0.1, 0.15) is 25.0 Å². The summed E-state index contributed by atoms with van der Waals surface area (Å²) in [6, 6.07) is 35.1. The van der Waals surface area contributed by atoms with Crippen molar-refractivity contribution in [1.82, 2.24) is 9.55 Å². The average molecular weight is 451 g/mol. The normalized spacial score (nSPS) is 14.2. The lowest BCUT2D eigenvalue weighted by Gasteiger charge is -2.21. The van der Waals surface area contributed by atoms with Gasteiger partial charge in [-0.1, -0.05) is 92.7 Å². The Labute approximate surface area is 202 Å². The van der Waals surface area contributed by atoms with E-state index in [0.717, 1.165) is 16.6 Å². The first kappa shape index (κ1) is 19.0. The lowest BCUT2D eigenvalue weighted by atomic mass is 9.82. The Morgan fingerprint density at radius 3 is 2.26 bits per heavy atom. The molecule has 0 radical (unpaired) electrons. The van der Waals surface area contributed by atoms with Crippen molar-refractivity contribution in [3.8, 4) is 17.1 Å². The molecule has 1 aliphatic rings. The highest BCUT2D eigenvalue weighted by Crippen LogP contribution is 2.54. The van der Waals surface area contributed by atoms with Gasteiger partial charge >= 0.3 is 6.01 Å². The molecule has 8 rings (SSSR count). The molecular weight excluding hydrogens is 428 g/mol. The summed E-state index contributed by atoms with van der Waals surface area (Å²) in [5.74, 6) is 0. The summed E-state index contributed by atoms with van der Waals surface area (Å²) >= 11 is 0. The van der Waals surface area contributed by atoms with Gasteiger partial charge in [0.15, 0.2) is 5.58 Å². The molecule has 7 aromatic rings. The van der Waals surface area contributed by atoms with Crippen LogP contribution in [0.2, 0.25) is 0 Å². The predicted octanol–water partition coefficient (Wildman–Crippen LogP) is 8.38. The van der Waals surface area contributed by atoms with Crippen LogP contribution in [0.5, 0.6) is 0 Å². The van der Waals surface area contributed by atoms with Crippen molar-refractivity contribution in [2.45, 2.75) is 19.3 Å². The van der Waals surface area contributed by atoms with Crippen LogP contribution < -0.4 is 0 Å². The number of para-hydroxylation sites is 3. The Morgan fingerprint density at radius 2 is 1.37 bits per heavy atom. The Hall–Kier alpha value is -4.37. The zero-order chi connectivity index (χ0) is 23.3. The summed E-state index contributed by atoms with van der Waals surface area (Å²) in [6.07, 6.45) is 0. The largest absolute Gasteiger partial charge is 0.423 e. The van der Waals surface area contributed by atoms with Crippen molar-refractivity contribution in [3.05, 3.63) is 108 Å². The van der Waals surface area contributed by atoms with Gasteiger partial charge in [-0.15, -0.1) is 0 Å². The van der Waals surface area contributed by atoms with E-state index in [1.165, 1.54) is 49.3 Å². The summed E-state index contributed by atoms with van der Waals surface area (Å²) in [7, 11) is 0. The third-order valence-corrected chi connectivity index (χ3v) is 7.84. The topological polar surface area (TPSA) is 31.0 Å². The molecule has 0 fully saturated rings. The standard InChI is InChI=1S/C32H22N2O/c1-32(2)23-17-15-19-9-3-4-10-20(19)28(23)29-24(32)18-16-22-21-11-5-7-13-26(21)34(30(22)29)31-33-25-12-6-8-14-27(25)35-31/h3-18H,1-2H3. The fourth-order valence-electron chi connectivity index (χ4n) is 6.19. The number of hydrogen-bond acceptors (Lipinski definition) is 2. The van der Waals surface area contributed by atoms with Crippen LogP contribution in [-0.2, 0) is 5.41 Å². The minimum Gasteiger partial charge on any atom is -0.423 e. The van der Waals surface area contributed by atoms with E-state index < -0.39 is 0 Å². The Kier molecular flexibility index (Phi) is 3.47. The van der Waals surface area contributed by atoms with Gasteiger partial charge in [0.05, 0.1) is 11.0 Å². The highest BCUT2D eigenvalue weighted by atomic mass is 16.4. The molecule has 0 bridgehead atoms. The third kappa shape index (κ3) is 2.33. The SMILES string of the molecule is CC1(C)c2ccc3ccccc3c2-c2c1ccc1c3ccccc3n(-c3nc4ccccc4o3)c21. The molecule has 0 aliphatic heterocycles. The minimum atomic E-state index is -0.106. The Balaban J connectivity index is 1.62. The molecule has 5 aromatic carbocycles. The number of nitrogens with zero attached hydrogens (tertiary/aromatic N) is 2. The predicted molar refractivity (Wildman–Crippen MR) is 143 cm³/mol. The van der Waals surface area contributed by atoms with Crippen molar-refractivity contribution in [2.75, 3.05) is 0 Å². The van der Waals surface area contributed by atoms with Crippen LogP contribution in [0.15, 0.2) is 101 Å². The van der Waals surface area contributed by atoms with E-state index in [9.17, 15) is 0 Å². The van der Waals surface area contributed by atoms with Gasteiger partial charge in [0.1, 0.15) is 5.52 Å². The van der Waals surface area contributed by atoms with E-state index in [-0.39, 0.29) is 5.41 Å². The first-order chi connectivity index (χ1) is 17.1. The van der Waals surface area contributed by atoms with Gasteiger partial charge < -0.3 is 4.42 Å². The van der Waals surface area contributed by atoms with E-state index in [1.807, 2.05) is 24.3 Å². The quantitative estimate of drug-likeness (QED) is 0.251. The van der Waals surface area contributed by atoms with Crippen LogP contribution in [0, 0.1) is 0 Å². The molecule has 3 heteroatoms. The molecule has 0 amide bonds. The lowest BCUT2D eigenvalue weighted by Crippen LogP contribution is -2.14. The van der Waals surface area contributed by atoms with Gasteiger partial charge in [-0.3, -0.25) is 4.57 Å². The van der Waals surface area contributed by atoms with Gasteiger partial charge in [0.2, 0.25) is 0 Å². The maximum absolute atomic E-state index is 6.37. The molecule has 0 spiro atoms. The van der Waals surface area contributed by atoms with Gasteiger partial charge in [0, 0.05) is 21.8 Å². The summed E-state index contributed by atoms with van der Waals surface area (Å²) in [6.45, 7) is 4.68. The average Bonchev–Trinajstić information content (AvgIpc) is 3.52. The maximum atomic E-state index is 6.37. The van der Waals surface area contributed by atoms with E-state index in [4.69, 9.17) is 9.40 Å². The lowest BCUT2D eigenvalue weighted by molar-refractivity contribution is 0.574. The number of fused-ring (bicyclic) bond motifs is 10. The molecule has 0 atom stereocenters. The number of benzene rings is 5. The van der Waals surface area contributed by atoms with Crippen molar-refractivity contribution in [3.63, 3.8) is 0 Å². The van der Waals surface area contributed by atoms with Crippen molar-refractivity contribution < 1.29 is 4.42 Å². The van der Waals surface area contributed by atoms with Gasteiger partial charge in [0.25, 0.3) is 0 Å². The summed E-state index contributed by atoms with van der Waals surface area (Å²) < 4.78 is 8.60. The molecule has 0 saturated carbocycles. The molecule has 1 aliphatic carbocycles. The summed E-state index contributed by atoms with van der Waals surface area (Å²) in [5.41, 5.74) is 9.16. The Morgan fingerprint density at radius 1 is 0.657 bits per heavy atom. The molecular formula is C32H22N2O. The van der Waals surface area contributed by atoms with Crippen molar-refractivity contribution in [1.29, 1.82) is 0 Å². The van der Waals surface area contributed by atoms with E-state index in [2.05, 4.69) is 91.2 Å². The van der Waals surface area contributed by atoms with Crippen LogP contribution >= 0.6 is 0 Å². The molecule has 0 unspecified atom stereocenters. The molecule has 0 N–H and O–H groups in total. The van der Waals surface area contributed by atoms with Crippen LogP contribution in [0.4, 0.5) is 0 Å². The number of hydrogen-bond donors (Lipinski definition) is 0. The zero-order valence-corrected chi connectivity index (χ0v) is 19.5. The van der Waals surface area contributed by atoms with E-state index >= 15 is 0 Å². The first-order valence-electron chi connectivity index (χ1n) is 12.1. The van der Waals surface area contributed by atoms with E-state index in [1.54, 1.807) is 0 Å². The molecule has 35 heavy (non-hydrogen) atoms. The molecule has 3 nitrogen and oxygen atoms in total. The minimum absolute atomic E-state index is 0.106. The van der Waals surface area contributed by atoms with Crippen LogP contribution in [-0.4, -0.2) is 9.55 Å². The first-order valence-corrected chi connectivity index (χ1v) is 12.1. The van der Waals surface area contributed by atoms with Crippen molar-refractivity contribution in [2.24, 2.45) is 0 Å². The van der Waals surface area contributed by atoms with Gasteiger partial charge in [-0.2, -0.15) is 4.98 Å². The summed E-state index contributed by atoms with van der Waals surface area (Å²) in [5, 5.41) is 4.98. The second kappa shape index (κ2) is 6.39. The third-order valence-electron chi connectivity index (χ3n) is 7.84. The number of rotatable bonds is 1. The highest BCUT2D eigenvalue weighted by molar-refractivity contribution is 6.18. The monoisotopic (exact) mass is 450 g/mol. The second-order valence-corrected chi connectivity index (χ2v) is 10.0. The summed E-state index contributed by atoms with van der Waals surface area (Å²) in [4.78, 5) is 4.93. The van der Waals surface area contributed by atoms with Gasteiger partial charge in [-0.05, 0) is 45.7 Å². The highest BCUT2D eigenvalue weighted by Gasteiger charge is 2.39. The smallest absolute Gasteiger partial charge is 0.307 e. The fraction of sp³-hybridized carbons (Fsp3) is 0.0938. The molecule has 0 saturated heterocycles. The molecule has 166 valence electrons. The molecule has 2 aromatic heterocycles. The number of aromatic nitrogens is 2. The van der Waals surface area contributed by atoms with E-state index in [0.29, 0.717) is 6.01 Å². The molecule has 2 heterocycles. The van der Waals surface area contributed by atoms with Crippen LogP contribution in [0.3, 0.4) is 0 Å². The maximum Gasteiger partial charge on any atom is 0.307 e.